The number of halogens is 1. The fraction of sp³-hybridized carbons (Fsp3) is 0.321. The number of nitriles is 1. The van der Waals surface area contributed by atoms with Crippen LogP contribution in [0.15, 0.2) is 53.8 Å². The number of hydrogen-bond acceptors (Lipinski definition) is 9. The number of pyridine rings is 2. The highest BCUT2D eigenvalue weighted by molar-refractivity contribution is 7.91. The molecule has 13 heteroatoms. The maximum Gasteiger partial charge on any atom is 0.247 e. The van der Waals surface area contributed by atoms with Crippen molar-refractivity contribution in [3.05, 3.63) is 70.7 Å². The summed E-state index contributed by atoms with van der Waals surface area (Å²) < 4.78 is 36.2. The lowest BCUT2D eigenvalue weighted by Crippen LogP contribution is -2.34. The van der Waals surface area contributed by atoms with Crippen LogP contribution >= 0.6 is 11.6 Å². The molecule has 1 fully saturated rings. The first-order chi connectivity index (χ1) is 19.6. The largest absolute Gasteiger partial charge is 0.377 e. The molecule has 4 aliphatic heterocycles. The molecule has 0 radical (unpaired) electrons. The average molecular weight is 591 g/mol. The summed E-state index contributed by atoms with van der Waals surface area (Å²) in [4.78, 5) is 17.9. The lowest BCUT2D eigenvalue weighted by Gasteiger charge is -2.21. The fourth-order valence-corrected chi connectivity index (χ4v) is 6.13. The molecule has 0 saturated carbocycles. The molecule has 2 aromatic rings. The highest BCUT2D eigenvalue weighted by atomic mass is 35.5. The molecule has 41 heavy (non-hydrogen) atoms. The maximum absolute atomic E-state index is 13.1. The van der Waals surface area contributed by atoms with Crippen LogP contribution in [0.5, 0.6) is 0 Å². The van der Waals surface area contributed by atoms with Crippen molar-refractivity contribution in [3.63, 3.8) is 0 Å². The molecular weight excluding hydrogens is 564 g/mol. The Morgan fingerprint density at radius 3 is 2.80 bits per heavy atom. The second-order valence-corrected chi connectivity index (χ2v) is 12.7. The zero-order valence-electron chi connectivity index (χ0n) is 22.4. The third-order valence-electron chi connectivity index (χ3n) is 7.10. The summed E-state index contributed by atoms with van der Waals surface area (Å²) in [6.45, 7) is 6.10. The van der Waals surface area contributed by atoms with Gasteiger partial charge in [0.25, 0.3) is 0 Å². The van der Waals surface area contributed by atoms with E-state index < -0.39 is 15.4 Å². The Bertz CT molecular complexity index is 1840. The predicted molar refractivity (Wildman–Crippen MR) is 155 cm³/mol. The van der Waals surface area contributed by atoms with E-state index in [0.29, 0.717) is 59.5 Å². The second kappa shape index (κ2) is 10.4. The van der Waals surface area contributed by atoms with Gasteiger partial charge in [-0.25, -0.2) is 18.4 Å². The molecule has 0 amide bonds. The van der Waals surface area contributed by atoms with E-state index in [4.69, 9.17) is 21.3 Å². The van der Waals surface area contributed by atoms with Crippen LogP contribution in [0.25, 0.3) is 22.5 Å². The van der Waals surface area contributed by atoms with E-state index >= 15 is 0 Å². The Morgan fingerprint density at radius 1 is 1.22 bits per heavy atom. The SMILES string of the molecule is CC(C)(C#N)c1ccnc(CS(=O)(=O)Nc2ccc(Cl)c(-c3cc4cnc(=NC5COC5)nc-4n4c3NCC4)c2)c1. The molecule has 0 atom stereocenters. The Hall–Kier alpha value is -4.05. The number of rotatable bonds is 7. The smallest absolute Gasteiger partial charge is 0.247 e. The molecule has 0 spiro atoms. The summed E-state index contributed by atoms with van der Waals surface area (Å²) in [5, 5.41) is 13.3. The highest BCUT2D eigenvalue weighted by Gasteiger charge is 2.25. The fourth-order valence-electron chi connectivity index (χ4n) is 4.81. The van der Waals surface area contributed by atoms with E-state index in [1.165, 1.54) is 6.20 Å². The quantitative estimate of drug-likeness (QED) is 0.332. The minimum Gasteiger partial charge on any atom is -0.377 e. The Balaban J connectivity index is 1.32. The van der Waals surface area contributed by atoms with Crippen LogP contribution in [0.4, 0.5) is 11.5 Å². The van der Waals surface area contributed by atoms with Gasteiger partial charge in [-0.15, -0.1) is 0 Å². The van der Waals surface area contributed by atoms with Crippen molar-refractivity contribution >= 4 is 33.1 Å². The van der Waals surface area contributed by atoms with Crippen molar-refractivity contribution in [1.82, 2.24) is 19.5 Å². The average Bonchev–Trinajstić information content (AvgIpc) is 3.42. The molecule has 0 aliphatic carbocycles. The van der Waals surface area contributed by atoms with Crippen molar-refractivity contribution in [2.24, 2.45) is 4.99 Å². The second-order valence-electron chi connectivity index (χ2n) is 10.6. The standard InChI is InChI=1S/C28H27ClN8O3S/c1-28(2,16-30)18-5-6-31-20(10-18)15-41(38,39)36-19-3-4-24(29)22(11-19)23-9-17-12-33-27(34-21-13-40-14-21)35-25(17)37-8-7-32-26(23)37/h3-6,9-12,21,32,36H,7-8,13-15H2,1-2H3. The van der Waals surface area contributed by atoms with Crippen molar-refractivity contribution < 1.29 is 13.2 Å². The first kappa shape index (κ1) is 27.1. The zero-order valence-corrected chi connectivity index (χ0v) is 24.0. The molecule has 0 bridgehead atoms. The highest BCUT2D eigenvalue weighted by Crippen LogP contribution is 2.40. The number of anilines is 2. The van der Waals surface area contributed by atoms with Crippen LogP contribution in [-0.2, 0) is 32.5 Å². The molecule has 4 aliphatic rings. The van der Waals surface area contributed by atoms with Gasteiger partial charge in [0.05, 0.1) is 30.4 Å². The minimum atomic E-state index is -3.83. The summed E-state index contributed by atoms with van der Waals surface area (Å²) in [7, 11) is -3.83. The number of nitrogens with zero attached hydrogens (tertiary/aromatic N) is 6. The van der Waals surface area contributed by atoms with E-state index in [9.17, 15) is 13.7 Å². The summed E-state index contributed by atoms with van der Waals surface area (Å²) >= 11 is 6.65. The molecule has 210 valence electrons. The van der Waals surface area contributed by atoms with Gasteiger partial charge in [-0.3, -0.25) is 9.71 Å². The summed E-state index contributed by atoms with van der Waals surface area (Å²) in [6.07, 6.45) is 3.26. The van der Waals surface area contributed by atoms with Gasteiger partial charge >= 0.3 is 0 Å². The molecule has 1 saturated heterocycles. The van der Waals surface area contributed by atoms with E-state index in [2.05, 4.69) is 35.6 Å². The van der Waals surface area contributed by atoms with Crippen LogP contribution in [0, 0.1) is 11.3 Å². The van der Waals surface area contributed by atoms with Crippen LogP contribution < -0.4 is 15.7 Å². The van der Waals surface area contributed by atoms with Gasteiger partial charge in [0.1, 0.15) is 23.4 Å². The molecule has 1 aromatic carbocycles. The van der Waals surface area contributed by atoms with E-state index in [0.717, 1.165) is 22.8 Å². The molecule has 11 nitrogen and oxygen atoms in total. The first-order valence-corrected chi connectivity index (χ1v) is 15.1. The summed E-state index contributed by atoms with van der Waals surface area (Å²) in [5.74, 6) is 1.24. The van der Waals surface area contributed by atoms with Gasteiger partial charge in [0.2, 0.25) is 15.6 Å². The molecular formula is C28H27ClN8O3S. The zero-order chi connectivity index (χ0) is 28.8. The number of ether oxygens (including phenoxy) is 1. The molecule has 2 N–H and O–H groups in total. The van der Waals surface area contributed by atoms with Gasteiger partial charge in [-0.05, 0) is 55.8 Å². The lowest BCUT2D eigenvalue weighted by molar-refractivity contribution is 0.0112. The molecule has 5 heterocycles. The minimum absolute atomic E-state index is 0.0809. The van der Waals surface area contributed by atoms with Crippen LogP contribution in [0.2, 0.25) is 5.02 Å². The maximum atomic E-state index is 13.1. The predicted octanol–water partition coefficient (Wildman–Crippen LogP) is 3.57. The summed E-state index contributed by atoms with van der Waals surface area (Å²) in [5.41, 5.74) is 3.33. The number of benzene rings is 1. The normalized spacial score (nSPS) is 15.7. The van der Waals surface area contributed by atoms with Crippen LogP contribution in [0.1, 0.15) is 25.1 Å². The van der Waals surface area contributed by atoms with E-state index in [1.54, 1.807) is 50.4 Å². The third kappa shape index (κ3) is 5.48. The Labute approximate surface area is 242 Å². The third-order valence-corrected chi connectivity index (χ3v) is 8.65. The monoisotopic (exact) mass is 590 g/mol. The van der Waals surface area contributed by atoms with Gasteiger partial charge in [0.15, 0.2) is 0 Å². The van der Waals surface area contributed by atoms with E-state index in [1.807, 2.05) is 6.07 Å². The van der Waals surface area contributed by atoms with Gasteiger partial charge in [-0.2, -0.15) is 10.2 Å². The topological polar surface area (TPSA) is 147 Å². The van der Waals surface area contributed by atoms with E-state index in [-0.39, 0.29) is 11.8 Å². The molecule has 6 rings (SSSR count). The Kier molecular flexibility index (Phi) is 6.89. The van der Waals surface area contributed by atoms with Crippen LogP contribution in [0.3, 0.4) is 0 Å². The van der Waals surface area contributed by atoms with Gasteiger partial charge < -0.3 is 14.6 Å². The number of sulfonamides is 1. The molecule has 0 unspecified atom stereocenters. The number of hydrogen-bond donors (Lipinski definition) is 2. The number of aromatic nitrogens is 4. The van der Waals surface area contributed by atoms with Gasteiger partial charge in [-0.1, -0.05) is 11.6 Å². The summed E-state index contributed by atoms with van der Waals surface area (Å²) in [6, 6.07) is 12.6. The number of nitrogens with one attached hydrogen (secondary N) is 2. The molecule has 1 aromatic heterocycles. The van der Waals surface area contributed by atoms with Crippen molar-refractivity contribution in [3.8, 4) is 28.6 Å². The number of fused-ring (bicyclic) bond motifs is 3. The van der Waals surface area contributed by atoms with Gasteiger partial charge in [0, 0.05) is 52.9 Å². The lowest BCUT2D eigenvalue weighted by atomic mass is 9.87. The van der Waals surface area contributed by atoms with Crippen molar-refractivity contribution in [1.29, 1.82) is 5.26 Å². The van der Waals surface area contributed by atoms with Crippen LogP contribution in [-0.4, -0.2) is 53.7 Å². The van der Waals surface area contributed by atoms with Crippen molar-refractivity contribution in [2.45, 2.75) is 37.6 Å². The van der Waals surface area contributed by atoms with Crippen molar-refractivity contribution in [2.75, 3.05) is 29.8 Å². The Morgan fingerprint density at radius 2 is 2.05 bits per heavy atom. The first-order valence-electron chi connectivity index (χ1n) is 13.0.